The molecule has 102 valence electrons. The summed E-state index contributed by atoms with van der Waals surface area (Å²) in [6, 6.07) is 0.240. The number of amides is 1. The summed E-state index contributed by atoms with van der Waals surface area (Å²) >= 11 is 0. The van der Waals surface area contributed by atoms with E-state index in [0.29, 0.717) is 12.1 Å². The summed E-state index contributed by atoms with van der Waals surface area (Å²) in [6.45, 7) is 7.46. The fourth-order valence-electron chi connectivity index (χ4n) is 1.79. The Morgan fingerprint density at radius 1 is 1.61 bits per heavy atom. The van der Waals surface area contributed by atoms with E-state index in [4.69, 9.17) is 5.73 Å². The van der Waals surface area contributed by atoms with Gasteiger partial charge in [0.1, 0.15) is 0 Å². The van der Waals surface area contributed by atoms with Gasteiger partial charge in [0.2, 0.25) is 0 Å². The molecular formula is C13H24N4O. The number of aromatic nitrogens is 2. The van der Waals surface area contributed by atoms with E-state index in [2.05, 4.69) is 12.0 Å². The highest BCUT2D eigenvalue weighted by molar-refractivity contribution is 5.95. The Labute approximate surface area is 109 Å². The van der Waals surface area contributed by atoms with Gasteiger partial charge in [-0.2, -0.15) is 5.10 Å². The molecular weight excluding hydrogens is 228 g/mol. The number of hydrogen-bond donors (Lipinski definition) is 1. The minimum absolute atomic E-state index is 0.0425. The van der Waals surface area contributed by atoms with Crippen LogP contribution in [0.3, 0.4) is 0 Å². The molecule has 0 aliphatic rings. The van der Waals surface area contributed by atoms with Crippen molar-refractivity contribution in [3.63, 3.8) is 0 Å². The highest BCUT2D eigenvalue weighted by Gasteiger charge is 2.20. The summed E-state index contributed by atoms with van der Waals surface area (Å²) < 4.78 is 1.85. The molecule has 1 atom stereocenters. The van der Waals surface area contributed by atoms with Crippen molar-refractivity contribution < 1.29 is 4.79 Å². The summed E-state index contributed by atoms with van der Waals surface area (Å²) in [5.41, 5.74) is 7.09. The van der Waals surface area contributed by atoms with E-state index >= 15 is 0 Å². The molecule has 1 aromatic heterocycles. The summed E-state index contributed by atoms with van der Waals surface area (Å²) in [4.78, 5) is 14.1. The summed E-state index contributed by atoms with van der Waals surface area (Å²) in [7, 11) is 1.84. The minimum Gasteiger partial charge on any atom is -0.339 e. The Bertz CT molecular complexity index is 400. The predicted molar refractivity (Wildman–Crippen MR) is 72.5 cm³/mol. The Hall–Kier alpha value is -1.36. The highest BCUT2D eigenvalue weighted by atomic mass is 16.2. The normalized spacial score (nSPS) is 12.5. The van der Waals surface area contributed by atoms with Crippen LogP contribution >= 0.6 is 0 Å². The van der Waals surface area contributed by atoms with Crippen molar-refractivity contribution >= 4 is 5.91 Å². The summed E-state index contributed by atoms with van der Waals surface area (Å²) in [6.07, 6.45) is 3.48. The van der Waals surface area contributed by atoms with Gasteiger partial charge in [0.25, 0.3) is 5.91 Å². The van der Waals surface area contributed by atoms with Crippen molar-refractivity contribution in [1.82, 2.24) is 14.7 Å². The van der Waals surface area contributed by atoms with Crippen LogP contribution in [0, 0.1) is 6.92 Å². The molecule has 1 rings (SSSR count). The van der Waals surface area contributed by atoms with Gasteiger partial charge < -0.3 is 10.6 Å². The molecule has 18 heavy (non-hydrogen) atoms. The van der Waals surface area contributed by atoms with Gasteiger partial charge in [0.05, 0.1) is 11.8 Å². The fourth-order valence-corrected chi connectivity index (χ4v) is 1.79. The number of nitrogens with two attached hydrogens (primary N) is 1. The van der Waals surface area contributed by atoms with E-state index in [1.807, 2.05) is 25.6 Å². The lowest BCUT2D eigenvalue weighted by molar-refractivity contribution is 0.0739. The molecule has 0 saturated heterocycles. The SMILES string of the molecule is CCC(C)N(C)C(=O)c1cnn(CCCN)c1C. The van der Waals surface area contributed by atoms with Crippen LogP contribution < -0.4 is 5.73 Å². The molecule has 0 spiro atoms. The van der Waals surface area contributed by atoms with E-state index in [0.717, 1.165) is 25.1 Å². The molecule has 0 aliphatic carbocycles. The second-order valence-corrected chi connectivity index (χ2v) is 4.68. The number of nitrogens with zero attached hydrogens (tertiary/aromatic N) is 3. The fraction of sp³-hybridized carbons (Fsp3) is 0.692. The van der Waals surface area contributed by atoms with Crippen LogP contribution in [0.4, 0.5) is 0 Å². The van der Waals surface area contributed by atoms with Crippen molar-refractivity contribution in [1.29, 1.82) is 0 Å². The maximum atomic E-state index is 12.3. The van der Waals surface area contributed by atoms with Crippen LogP contribution in [0.5, 0.6) is 0 Å². The second kappa shape index (κ2) is 6.54. The number of aryl methyl sites for hydroxylation is 1. The zero-order valence-corrected chi connectivity index (χ0v) is 11.8. The van der Waals surface area contributed by atoms with E-state index < -0.39 is 0 Å². The van der Waals surface area contributed by atoms with Crippen LogP contribution in [0.1, 0.15) is 42.7 Å². The molecule has 1 amide bonds. The molecule has 1 unspecified atom stereocenters. The lowest BCUT2D eigenvalue weighted by Gasteiger charge is -2.23. The number of hydrogen-bond acceptors (Lipinski definition) is 3. The quantitative estimate of drug-likeness (QED) is 0.832. The van der Waals surface area contributed by atoms with Gasteiger partial charge in [-0.05, 0) is 33.2 Å². The Morgan fingerprint density at radius 3 is 2.83 bits per heavy atom. The van der Waals surface area contributed by atoms with Crippen molar-refractivity contribution in [2.24, 2.45) is 5.73 Å². The van der Waals surface area contributed by atoms with Gasteiger partial charge in [-0.3, -0.25) is 9.48 Å². The van der Waals surface area contributed by atoms with Gasteiger partial charge in [0.15, 0.2) is 0 Å². The van der Waals surface area contributed by atoms with E-state index in [1.165, 1.54) is 0 Å². The summed E-state index contributed by atoms with van der Waals surface area (Å²) in [5, 5.41) is 4.26. The van der Waals surface area contributed by atoms with Crippen LogP contribution in [0.15, 0.2) is 6.20 Å². The third-order valence-corrected chi connectivity index (χ3v) is 3.48. The number of rotatable bonds is 6. The van der Waals surface area contributed by atoms with Gasteiger partial charge in [-0.15, -0.1) is 0 Å². The highest BCUT2D eigenvalue weighted by Crippen LogP contribution is 2.13. The largest absolute Gasteiger partial charge is 0.339 e. The Kier molecular flexibility index (Phi) is 5.34. The van der Waals surface area contributed by atoms with Crippen LogP contribution in [0.2, 0.25) is 0 Å². The topological polar surface area (TPSA) is 64.2 Å². The second-order valence-electron chi connectivity index (χ2n) is 4.68. The monoisotopic (exact) mass is 252 g/mol. The van der Waals surface area contributed by atoms with Crippen LogP contribution in [-0.4, -0.2) is 40.2 Å². The zero-order valence-electron chi connectivity index (χ0n) is 11.8. The first-order valence-corrected chi connectivity index (χ1v) is 6.52. The average Bonchev–Trinajstić information content (AvgIpc) is 2.75. The third kappa shape index (κ3) is 3.10. The smallest absolute Gasteiger partial charge is 0.257 e. The number of carbonyl (C=O) groups is 1. The minimum atomic E-state index is 0.0425. The molecule has 2 N–H and O–H groups in total. The zero-order chi connectivity index (χ0) is 13.7. The van der Waals surface area contributed by atoms with E-state index in [-0.39, 0.29) is 11.9 Å². The third-order valence-electron chi connectivity index (χ3n) is 3.48. The maximum Gasteiger partial charge on any atom is 0.257 e. The number of carbonyl (C=O) groups excluding carboxylic acids is 1. The lowest BCUT2D eigenvalue weighted by Crippen LogP contribution is -2.34. The van der Waals surface area contributed by atoms with Gasteiger partial charge in [-0.1, -0.05) is 6.92 Å². The molecule has 0 radical (unpaired) electrons. The molecule has 5 nitrogen and oxygen atoms in total. The first kappa shape index (κ1) is 14.7. The standard InChI is InChI=1S/C13H24N4O/c1-5-10(2)16(4)13(18)12-9-15-17(11(12)3)8-6-7-14/h9-10H,5-8,14H2,1-4H3. The molecule has 0 saturated carbocycles. The van der Waals surface area contributed by atoms with Crippen molar-refractivity contribution in [2.75, 3.05) is 13.6 Å². The van der Waals surface area contributed by atoms with E-state index in [9.17, 15) is 4.79 Å². The first-order valence-electron chi connectivity index (χ1n) is 6.52. The van der Waals surface area contributed by atoms with Crippen LogP contribution in [-0.2, 0) is 6.54 Å². The molecule has 0 aliphatic heterocycles. The molecule has 0 aromatic carbocycles. The van der Waals surface area contributed by atoms with Gasteiger partial charge in [0, 0.05) is 25.3 Å². The average molecular weight is 252 g/mol. The first-order chi connectivity index (χ1) is 8.52. The molecule has 0 bridgehead atoms. The molecule has 5 heteroatoms. The van der Waals surface area contributed by atoms with Crippen molar-refractivity contribution in [3.8, 4) is 0 Å². The van der Waals surface area contributed by atoms with E-state index in [1.54, 1.807) is 11.1 Å². The Balaban J connectivity index is 2.83. The Morgan fingerprint density at radius 2 is 2.28 bits per heavy atom. The van der Waals surface area contributed by atoms with Gasteiger partial charge >= 0.3 is 0 Å². The maximum absolute atomic E-state index is 12.3. The molecule has 0 fully saturated rings. The molecule has 1 heterocycles. The molecule has 1 aromatic rings. The lowest BCUT2D eigenvalue weighted by atomic mass is 10.2. The predicted octanol–water partition coefficient (Wildman–Crippen LogP) is 1.41. The van der Waals surface area contributed by atoms with Gasteiger partial charge in [-0.25, -0.2) is 0 Å². The van der Waals surface area contributed by atoms with Crippen LogP contribution in [0.25, 0.3) is 0 Å². The summed E-state index contributed by atoms with van der Waals surface area (Å²) in [5.74, 6) is 0.0425. The van der Waals surface area contributed by atoms with Crippen molar-refractivity contribution in [2.45, 2.75) is 46.2 Å². The van der Waals surface area contributed by atoms with Crippen molar-refractivity contribution in [3.05, 3.63) is 17.5 Å².